The van der Waals surface area contributed by atoms with Gasteiger partial charge >= 0.3 is 0 Å². The standard InChI is InChI=1S/C29H34N2O2/c1-21(2)32-28-10-6-26(7-11-28)30-17-14-24(15-18-30)25-16-19-31(23(5)20-25)27-8-12-29(13-9-27)33-22(3)4/h6-17,19-23H,18H2,1-5H3. The lowest BCUT2D eigenvalue weighted by Gasteiger charge is -2.31. The lowest BCUT2D eigenvalue weighted by molar-refractivity contribution is 0.242. The summed E-state index contributed by atoms with van der Waals surface area (Å²) in [6.07, 6.45) is 13.7. The molecule has 0 saturated carbocycles. The van der Waals surface area contributed by atoms with E-state index in [9.17, 15) is 0 Å². The first-order chi connectivity index (χ1) is 15.9. The van der Waals surface area contributed by atoms with Crippen LogP contribution in [0.1, 0.15) is 34.6 Å². The molecule has 0 amide bonds. The van der Waals surface area contributed by atoms with Crippen molar-refractivity contribution in [1.29, 1.82) is 0 Å². The first-order valence-corrected chi connectivity index (χ1v) is 11.8. The first kappa shape index (κ1) is 22.8. The van der Waals surface area contributed by atoms with Gasteiger partial charge in [0.2, 0.25) is 0 Å². The van der Waals surface area contributed by atoms with Gasteiger partial charge < -0.3 is 19.3 Å². The van der Waals surface area contributed by atoms with Crippen LogP contribution in [0.25, 0.3) is 0 Å². The summed E-state index contributed by atoms with van der Waals surface area (Å²) in [5.74, 6) is 1.81. The van der Waals surface area contributed by atoms with E-state index in [0.717, 1.165) is 29.4 Å². The van der Waals surface area contributed by atoms with E-state index >= 15 is 0 Å². The third-order valence-electron chi connectivity index (χ3n) is 5.60. The first-order valence-electron chi connectivity index (χ1n) is 11.8. The molecule has 2 aromatic carbocycles. The Labute approximate surface area is 198 Å². The Morgan fingerprint density at radius 3 is 1.76 bits per heavy atom. The van der Waals surface area contributed by atoms with Gasteiger partial charge in [-0.1, -0.05) is 12.2 Å². The maximum Gasteiger partial charge on any atom is 0.119 e. The monoisotopic (exact) mass is 442 g/mol. The summed E-state index contributed by atoms with van der Waals surface area (Å²) in [5, 5.41) is 0. The number of anilines is 2. The third kappa shape index (κ3) is 5.70. The molecule has 2 aromatic rings. The average Bonchev–Trinajstić information content (AvgIpc) is 2.80. The second kappa shape index (κ2) is 10.0. The quantitative estimate of drug-likeness (QED) is 0.467. The van der Waals surface area contributed by atoms with Gasteiger partial charge in [-0.2, -0.15) is 0 Å². The van der Waals surface area contributed by atoms with Crippen LogP contribution < -0.4 is 19.3 Å². The fourth-order valence-electron chi connectivity index (χ4n) is 4.06. The molecular formula is C29H34N2O2. The molecule has 0 bridgehead atoms. The van der Waals surface area contributed by atoms with Gasteiger partial charge in [-0.05, 0) is 106 Å². The normalized spacial score (nSPS) is 18.0. The van der Waals surface area contributed by atoms with Crippen LogP contribution in [0.2, 0.25) is 0 Å². The van der Waals surface area contributed by atoms with Crippen LogP contribution in [0.15, 0.2) is 96.4 Å². The Balaban J connectivity index is 1.38. The minimum absolute atomic E-state index is 0.182. The van der Waals surface area contributed by atoms with Crippen molar-refractivity contribution in [2.45, 2.75) is 52.9 Å². The predicted molar refractivity (Wildman–Crippen MR) is 138 cm³/mol. The summed E-state index contributed by atoms with van der Waals surface area (Å²) in [7, 11) is 0. The number of benzene rings is 2. The number of ether oxygens (including phenoxy) is 2. The molecule has 1 atom stereocenters. The van der Waals surface area contributed by atoms with Gasteiger partial charge in [-0.3, -0.25) is 0 Å². The van der Waals surface area contributed by atoms with Crippen molar-refractivity contribution in [1.82, 2.24) is 0 Å². The molecule has 0 aliphatic carbocycles. The van der Waals surface area contributed by atoms with E-state index < -0.39 is 0 Å². The second-order valence-corrected chi connectivity index (χ2v) is 9.03. The largest absolute Gasteiger partial charge is 0.491 e. The Hall–Kier alpha value is -3.40. The van der Waals surface area contributed by atoms with Crippen LogP contribution in [-0.4, -0.2) is 24.8 Å². The molecule has 2 aliphatic rings. The molecule has 33 heavy (non-hydrogen) atoms. The smallest absolute Gasteiger partial charge is 0.119 e. The molecule has 0 spiro atoms. The molecule has 0 radical (unpaired) electrons. The average molecular weight is 443 g/mol. The lowest BCUT2D eigenvalue weighted by Crippen LogP contribution is -2.29. The maximum atomic E-state index is 5.77. The molecule has 2 aliphatic heterocycles. The summed E-state index contributed by atoms with van der Waals surface area (Å²) < 4.78 is 11.5. The fraction of sp³-hybridized carbons (Fsp3) is 0.310. The van der Waals surface area contributed by atoms with Gasteiger partial charge in [-0.15, -0.1) is 0 Å². The Morgan fingerprint density at radius 1 is 0.727 bits per heavy atom. The van der Waals surface area contributed by atoms with Crippen molar-refractivity contribution in [3.05, 3.63) is 96.4 Å². The van der Waals surface area contributed by atoms with E-state index in [1.54, 1.807) is 0 Å². The molecule has 1 unspecified atom stereocenters. The second-order valence-electron chi connectivity index (χ2n) is 9.03. The summed E-state index contributed by atoms with van der Waals surface area (Å²) >= 11 is 0. The zero-order valence-electron chi connectivity index (χ0n) is 20.2. The molecule has 0 saturated heterocycles. The summed E-state index contributed by atoms with van der Waals surface area (Å²) in [4.78, 5) is 4.52. The molecule has 4 heteroatoms. The van der Waals surface area contributed by atoms with Crippen LogP contribution in [0.3, 0.4) is 0 Å². The van der Waals surface area contributed by atoms with Crippen molar-refractivity contribution >= 4 is 11.4 Å². The van der Waals surface area contributed by atoms with Crippen LogP contribution in [0.5, 0.6) is 11.5 Å². The van der Waals surface area contributed by atoms with E-state index in [0.29, 0.717) is 0 Å². The van der Waals surface area contributed by atoms with Crippen molar-refractivity contribution in [3.63, 3.8) is 0 Å². The highest BCUT2D eigenvalue weighted by atomic mass is 16.5. The highest BCUT2D eigenvalue weighted by molar-refractivity contribution is 5.61. The van der Waals surface area contributed by atoms with Crippen LogP contribution in [0, 0.1) is 0 Å². The van der Waals surface area contributed by atoms with Crippen molar-refractivity contribution in [2.24, 2.45) is 0 Å². The lowest BCUT2D eigenvalue weighted by atomic mass is 9.98. The number of rotatable bonds is 7. The van der Waals surface area contributed by atoms with E-state index in [4.69, 9.17) is 9.47 Å². The van der Waals surface area contributed by atoms with Crippen LogP contribution in [0.4, 0.5) is 11.4 Å². The van der Waals surface area contributed by atoms with Gasteiger partial charge in [0.1, 0.15) is 11.5 Å². The minimum Gasteiger partial charge on any atom is -0.491 e. The summed E-state index contributed by atoms with van der Waals surface area (Å²) in [6, 6.07) is 16.9. The van der Waals surface area contributed by atoms with Crippen LogP contribution in [-0.2, 0) is 0 Å². The minimum atomic E-state index is 0.182. The Bertz CT molecular complexity index is 1060. The highest BCUT2D eigenvalue weighted by Crippen LogP contribution is 2.29. The molecule has 172 valence electrons. The van der Waals surface area contributed by atoms with Gasteiger partial charge in [0.05, 0.1) is 12.2 Å². The van der Waals surface area contributed by atoms with Gasteiger partial charge in [0, 0.05) is 36.4 Å². The molecule has 0 fully saturated rings. The molecule has 4 rings (SSSR count). The van der Waals surface area contributed by atoms with Gasteiger partial charge in [0.25, 0.3) is 0 Å². The van der Waals surface area contributed by atoms with Gasteiger partial charge in [0.15, 0.2) is 0 Å². The maximum absolute atomic E-state index is 5.77. The van der Waals surface area contributed by atoms with E-state index in [1.165, 1.54) is 11.1 Å². The Kier molecular flexibility index (Phi) is 6.93. The molecule has 0 N–H and O–H groups in total. The number of allylic oxidation sites excluding steroid dienone is 4. The number of hydrogen-bond donors (Lipinski definition) is 0. The molecule has 4 nitrogen and oxygen atoms in total. The van der Waals surface area contributed by atoms with Crippen LogP contribution >= 0.6 is 0 Å². The summed E-state index contributed by atoms with van der Waals surface area (Å²) in [5.41, 5.74) is 4.84. The Morgan fingerprint density at radius 2 is 1.27 bits per heavy atom. The van der Waals surface area contributed by atoms with E-state index in [1.807, 2.05) is 52.0 Å². The highest BCUT2D eigenvalue weighted by Gasteiger charge is 2.17. The number of nitrogens with zero attached hydrogens (tertiary/aromatic N) is 2. The van der Waals surface area contributed by atoms with Crippen molar-refractivity contribution in [3.8, 4) is 11.5 Å². The van der Waals surface area contributed by atoms with Crippen molar-refractivity contribution in [2.75, 3.05) is 16.3 Å². The zero-order valence-corrected chi connectivity index (χ0v) is 20.2. The van der Waals surface area contributed by atoms with E-state index in [-0.39, 0.29) is 18.2 Å². The SMILES string of the molecule is CC(C)Oc1ccc(N2C=CC(C3=CC(C)N(c4ccc(OC(C)C)cc4)C=C3)=CC2)cc1. The molecule has 0 aromatic heterocycles. The third-order valence-corrected chi connectivity index (χ3v) is 5.60. The topological polar surface area (TPSA) is 24.9 Å². The van der Waals surface area contributed by atoms with E-state index in [2.05, 4.69) is 77.7 Å². The molecular weight excluding hydrogens is 408 g/mol. The predicted octanol–water partition coefficient (Wildman–Crippen LogP) is 6.87. The number of hydrogen-bond acceptors (Lipinski definition) is 4. The fourth-order valence-corrected chi connectivity index (χ4v) is 4.06. The molecule has 2 heterocycles. The zero-order chi connectivity index (χ0) is 23.4. The summed E-state index contributed by atoms with van der Waals surface area (Å²) in [6.45, 7) is 11.2. The van der Waals surface area contributed by atoms with Gasteiger partial charge in [-0.25, -0.2) is 0 Å². The van der Waals surface area contributed by atoms with Crippen molar-refractivity contribution < 1.29 is 9.47 Å².